The van der Waals surface area contributed by atoms with E-state index in [1.54, 1.807) is 0 Å². The molecule has 1 heterocycles. The Kier molecular flexibility index (Phi) is 3.88. The summed E-state index contributed by atoms with van der Waals surface area (Å²) in [5.74, 6) is 0.0260. The van der Waals surface area contributed by atoms with Gasteiger partial charge in [-0.1, -0.05) is 6.92 Å². The Morgan fingerprint density at radius 2 is 2.21 bits per heavy atom. The van der Waals surface area contributed by atoms with E-state index >= 15 is 0 Å². The maximum atomic E-state index is 11.5. The molecule has 0 aliphatic carbocycles. The molecule has 0 saturated carbocycles. The molecule has 0 radical (unpaired) electrons. The Balaban J connectivity index is 2.24. The van der Waals surface area contributed by atoms with E-state index in [2.05, 4.69) is 10.6 Å². The van der Waals surface area contributed by atoms with Crippen LogP contribution in [0.25, 0.3) is 0 Å². The number of hydrogen-bond donors (Lipinski definition) is 3. The van der Waals surface area contributed by atoms with Crippen molar-refractivity contribution < 1.29 is 9.59 Å². The molecule has 14 heavy (non-hydrogen) atoms. The van der Waals surface area contributed by atoms with Gasteiger partial charge in [-0.3, -0.25) is 9.59 Å². The maximum Gasteiger partial charge on any atom is 0.224 e. The molecule has 1 saturated heterocycles. The average molecular weight is 199 g/mol. The van der Waals surface area contributed by atoms with E-state index in [-0.39, 0.29) is 24.2 Å². The first-order valence-corrected chi connectivity index (χ1v) is 4.88. The third-order valence-electron chi connectivity index (χ3n) is 2.52. The summed E-state index contributed by atoms with van der Waals surface area (Å²) in [4.78, 5) is 22.0. The molecule has 2 unspecified atom stereocenters. The van der Waals surface area contributed by atoms with Gasteiger partial charge in [0.25, 0.3) is 0 Å². The van der Waals surface area contributed by atoms with Crippen LogP contribution in [0.2, 0.25) is 0 Å². The number of hydrogen-bond acceptors (Lipinski definition) is 3. The smallest absolute Gasteiger partial charge is 0.224 e. The minimum Gasteiger partial charge on any atom is -0.370 e. The lowest BCUT2D eigenvalue weighted by Crippen LogP contribution is -2.36. The molecule has 5 heteroatoms. The number of nitrogens with one attached hydrogen (secondary N) is 2. The third kappa shape index (κ3) is 2.99. The van der Waals surface area contributed by atoms with Crippen LogP contribution in [-0.4, -0.2) is 31.4 Å². The fourth-order valence-electron chi connectivity index (χ4n) is 1.60. The highest BCUT2D eigenvalue weighted by molar-refractivity contribution is 5.80. The molecule has 0 bridgehead atoms. The highest BCUT2D eigenvalue weighted by Crippen LogP contribution is 2.15. The summed E-state index contributed by atoms with van der Waals surface area (Å²) in [7, 11) is 0. The van der Waals surface area contributed by atoms with Crippen molar-refractivity contribution in [1.82, 2.24) is 10.6 Å². The predicted molar refractivity (Wildman–Crippen MR) is 52.3 cm³/mol. The zero-order valence-corrected chi connectivity index (χ0v) is 8.38. The number of carbonyl (C=O) groups excluding carboxylic acids is 2. The van der Waals surface area contributed by atoms with Crippen LogP contribution in [0.3, 0.4) is 0 Å². The van der Waals surface area contributed by atoms with Gasteiger partial charge in [0.2, 0.25) is 11.8 Å². The van der Waals surface area contributed by atoms with Crippen molar-refractivity contribution in [2.45, 2.75) is 13.3 Å². The second-order valence-electron chi connectivity index (χ2n) is 3.75. The Labute approximate surface area is 83.4 Å². The SMILES string of the molecule is CC1CNCC1C(=O)NCCC(N)=O. The Bertz CT molecular complexity index is 230. The van der Waals surface area contributed by atoms with E-state index in [1.165, 1.54) is 0 Å². The molecule has 2 atom stereocenters. The molecule has 1 rings (SSSR count). The summed E-state index contributed by atoms with van der Waals surface area (Å²) in [6.07, 6.45) is 0.209. The van der Waals surface area contributed by atoms with Gasteiger partial charge in [0.05, 0.1) is 5.92 Å². The molecule has 5 nitrogen and oxygen atoms in total. The van der Waals surface area contributed by atoms with Crippen molar-refractivity contribution in [2.24, 2.45) is 17.6 Å². The van der Waals surface area contributed by atoms with Gasteiger partial charge < -0.3 is 16.4 Å². The van der Waals surface area contributed by atoms with Crippen molar-refractivity contribution in [3.05, 3.63) is 0 Å². The maximum absolute atomic E-state index is 11.5. The van der Waals surface area contributed by atoms with Crippen LogP contribution in [0.15, 0.2) is 0 Å². The summed E-state index contributed by atoms with van der Waals surface area (Å²) in [5.41, 5.74) is 4.96. The quantitative estimate of drug-likeness (QED) is 0.533. The molecular weight excluding hydrogens is 182 g/mol. The van der Waals surface area contributed by atoms with Crippen molar-refractivity contribution in [3.8, 4) is 0 Å². The van der Waals surface area contributed by atoms with Crippen LogP contribution in [0.4, 0.5) is 0 Å². The standard InChI is InChI=1S/C9H17N3O2/c1-6-4-11-5-7(6)9(14)12-3-2-8(10)13/h6-7,11H,2-5H2,1H3,(H2,10,13)(H,12,14). The number of amides is 2. The van der Waals surface area contributed by atoms with E-state index in [0.717, 1.165) is 13.1 Å². The highest BCUT2D eigenvalue weighted by atomic mass is 16.2. The average Bonchev–Trinajstić information content (AvgIpc) is 2.50. The number of rotatable bonds is 4. The first-order chi connectivity index (χ1) is 6.61. The predicted octanol–water partition coefficient (Wildman–Crippen LogP) is -1.17. The minimum absolute atomic E-state index is 0.0174. The molecule has 4 N–H and O–H groups in total. The largest absolute Gasteiger partial charge is 0.370 e. The molecule has 1 aliphatic rings. The van der Waals surface area contributed by atoms with E-state index in [4.69, 9.17) is 5.73 Å². The summed E-state index contributed by atoms with van der Waals surface area (Å²) in [6.45, 7) is 3.99. The lowest BCUT2D eigenvalue weighted by molar-refractivity contribution is -0.125. The second-order valence-corrected chi connectivity index (χ2v) is 3.75. The van der Waals surface area contributed by atoms with Gasteiger partial charge in [-0.2, -0.15) is 0 Å². The van der Waals surface area contributed by atoms with Crippen LogP contribution in [-0.2, 0) is 9.59 Å². The molecule has 1 aliphatic heterocycles. The van der Waals surface area contributed by atoms with Gasteiger partial charge in [-0.25, -0.2) is 0 Å². The summed E-state index contributed by atoms with van der Waals surface area (Å²) in [5, 5.41) is 5.86. The summed E-state index contributed by atoms with van der Waals surface area (Å²) in [6, 6.07) is 0. The normalized spacial score (nSPS) is 26.1. The van der Waals surface area contributed by atoms with Crippen LogP contribution in [0.1, 0.15) is 13.3 Å². The van der Waals surface area contributed by atoms with Gasteiger partial charge in [-0.05, 0) is 12.5 Å². The first-order valence-electron chi connectivity index (χ1n) is 4.88. The van der Waals surface area contributed by atoms with E-state index < -0.39 is 0 Å². The Morgan fingerprint density at radius 3 is 2.71 bits per heavy atom. The van der Waals surface area contributed by atoms with E-state index in [9.17, 15) is 9.59 Å². The Hall–Kier alpha value is -1.10. The molecular formula is C9H17N3O2. The summed E-state index contributed by atoms with van der Waals surface area (Å²) >= 11 is 0. The van der Waals surface area contributed by atoms with Crippen LogP contribution in [0, 0.1) is 11.8 Å². The van der Waals surface area contributed by atoms with Crippen molar-refractivity contribution >= 4 is 11.8 Å². The molecule has 1 fully saturated rings. The van der Waals surface area contributed by atoms with Crippen LogP contribution < -0.4 is 16.4 Å². The van der Waals surface area contributed by atoms with Crippen LogP contribution >= 0.6 is 0 Å². The van der Waals surface area contributed by atoms with E-state index in [1.807, 2.05) is 6.92 Å². The van der Waals surface area contributed by atoms with Crippen molar-refractivity contribution in [2.75, 3.05) is 19.6 Å². The first kappa shape index (κ1) is 11.0. The van der Waals surface area contributed by atoms with Crippen molar-refractivity contribution in [3.63, 3.8) is 0 Å². The lowest BCUT2D eigenvalue weighted by atomic mass is 9.97. The zero-order chi connectivity index (χ0) is 10.6. The monoisotopic (exact) mass is 199 g/mol. The molecule has 80 valence electrons. The lowest BCUT2D eigenvalue weighted by Gasteiger charge is -2.13. The third-order valence-corrected chi connectivity index (χ3v) is 2.52. The topological polar surface area (TPSA) is 84.2 Å². The molecule has 0 aromatic heterocycles. The molecule has 0 aromatic carbocycles. The van der Waals surface area contributed by atoms with Gasteiger partial charge in [0.1, 0.15) is 0 Å². The van der Waals surface area contributed by atoms with Gasteiger partial charge >= 0.3 is 0 Å². The number of nitrogens with two attached hydrogens (primary N) is 1. The second kappa shape index (κ2) is 4.95. The van der Waals surface area contributed by atoms with Crippen molar-refractivity contribution in [1.29, 1.82) is 0 Å². The van der Waals surface area contributed by atoms with E-state index in [0.29, 0.717) is 12.5 Å². The fourth-order valence-corrected chi connectivity index (χ4v) is 1.60. The van der Waals surface area contributed by atoms with Gasteiger partial charge in [-0.15, -0.1) is 0 Å². The minimum atomic E-state index is -0.386. The van der Waals surface area contributed by atoms with Crippen LogP contribution in [0.5, 0.6) is 0 Å². The highest BCUT2D eigenvalue weighted by Gasteiger charge is 2.28. The fraction of sp³-hybridized carbons (Fsp3) is 0.778. The molecule has 0 spiro atoms. The zero-order valence-electron chi connectivity index (χ0n) is 8.38. The molecule has 2 amide bonds. The summed E-state index contributed by atoms with van der Waals surface area (Å²) < 4.78 is 0. The van der Waals surface area contributed by atoms with Gasteiger partial charge in [0.15, 0.2) is 0 Å². The number of carbonyl (C=O) groups is 2. The van der Waals surface area contributed by atoms with Gasteiger partial charge in [0, 0.05) is 19.5 Å². The Morgan fingerprint density at radius 1 is 1.50 bits per heavy atom. The number of primary amides is 1. The molecule has 0 aromatic rings.